The normalized spacial score (nSPS) is 15.5. The van der Waals surface area contributed by atoms with Crippen molar-refractivity contribution in [2.45, 2.75) is 26.4 Å². The molecule has 7 nitrogen and oxygen atoms in total. The molecule has 1 saturated heterocycles. The molecule has 30 heavy (non-hydrogen) atoms. The molecular formula is C22H19N3O4S. The molecule has 0 saturated carbocycles. The van der Waals surface area contributed by atoms with Crippen LogP contribution in [0.2, 0.25) is 0 Å². The van der Waals surface area contributed by atoms with Gasteiger partial charge >= 0.3 is 0 Å². The van der Waals surface area contributed by atoms with Crippen LogP contribution in [0, 0.1) is 10.1 Å². The molecule has 2 amide bonds. The van der Waals surface area contributed by atoms with E-state index in [4.69, 9.17) is 0 Å². The van der Waals surface area contributed by atoms with Crippen LogP contribution in [0.25, 0.3) is 17.0 Å². The second-order valence-electron chi connectivity index (χ2n) is 6.99. The Balaban J connectivity index is 1.60. The maximum Gasteiger partial charge on any atom is 0.293 e. The lowest BCUT2D eigenvalue weighted by Gasteiger charge is -2.12. The largest absolute Gasteiger partial charge is 0.347 e. The number of imide groups is 1. The first-order valence-corrected chi connectivity index (χ1v) is 10.4. The number of nitrogens with zero attached hydrogens (tertiary/aromatic N) is 3. The number of hydrogen-bond donors (Lipinski definition) is 0. The molecule has 1 aliphatic rings. The number of para-hydroxylation sites is 1. The number of thioether (sulfide) groups is 1. The summed E-state index contributed by atoms with van der Waals surface area (Å²) in [6.45, 7) is 3.06. The zero-order valence-corrected chi connectivity index (χ0v) is 17.1. The van der Waals surface area contributed by atoms with Gasteiger partial charge in [0.05, 0.1) is 16.4 Å². The molecule has 1 aliphatic heterocycles. The number of nitro benzene ring substituents is 1. The summed E-state index contributed by atoms with van der Waals surface area (Å²) < 4.78 is 2.16. The minimum absolute atomic E-state index is 0.0312. The van der Waals surface area contributed by atoms with Crippen molar-refractivity contribution in [3.63, 3.8) is 0 Å². The van der Waals surface area contributed by atoms with E-state index in [0.29, 0.717) is 10.5 Å². The van der Waals surface area contributed by atoms with Crippen molar-refractivity contribution < 1.29 is 14.5 Å². The Labute approximate surface area is 177 Å². The molecule has 8 heteroatoms. The van der Waals surface area contributed by atoms with Gasteiger partial charge in [0.1, 0.15) is 0 Å². The highest BCUT2D eigenvalue weighted by atomic mass is 32.2. The van der Waals surface area contributed by atoms with Gasteiger partial charge in [-0.1, -0.05) is 37.3 Å². The van der Waals surface area contributed by atoms with E-state index in [-0.39, 0.29) is 23.4 Å². The zero-order valence-electron chi connectivity index (χ0n) is 16.3. The number of rotatable bonds is 6. The fourth-order valence-corrected chi connectivity index (χ4v) is 4.33. The number of aryl methyl sites for hydroxylation is 1. The first-order chi connectivity index (χ1) is 14.5. The van der Waals surface area contributed by atoms with Crippen LogP contribution in [-0.2, 0) is 17.9 Å². The summed E-state index contributed by atoms with van der Waals surface area (Å²) in [5.74, 6) is -0.351. The van der Waals surface area contributed by atoms with E-state index >= 15 is 0 Å². The minimum atomic E-state index is -0.484. The van der Waals surface area contributed by atoms with Crippen LogP contribution in [0.1, 0.15) is 24.5 Å². The Hall–Kier alpha value is -3.39. The van der Waals surface area contributed by atoms with Gasteiger partial charge < -0.3 is 4.57 Å². The average Bonchev–Trinajstić information content (AvgIpc) is 3.21. The van der Waals surface area contributed by atoms with Crippen molar-refractivity contribution in [1.82, 2.24) is 9.47 Å². The van der Waals surface area contributed by atoms with Gasteiger partial charge in [-0.2, -0.15) is 0 Å². The number of nitro groups is 1. The molecule has 0 N–H and O–H groups in total. The van der Waals surface area contributed by atoms with Crippen LogP contribution in [0.4, 0.5) is 10.5 Å². The first kappa shape index (κ1) is 19.9. The zero-order chi connectivity index (χ0) is 21.3. The third-order valence-corrected chi connectivity index (χ3v) is 5.84. The van der Waals surface area contributed by atoms with E-state index in [1.165, 1.54) is 17.0 Å². The summed E-state index contributed by atoms with van der Waals surface area (Å²) in [4.78, 5) is 37.2. The number of carbonyl (C=O) groups excluding carboxylic acids is 2. The van der Waals surface area contributed by atoms with Gasteiger partial charge in [0.25, 0.3) is 16.8 Å². The molecule has 0 bridgehead atoms. The summed E-state index contributed by atoms with van der Waals surface area (Å²) in [7, 11) is 0. The molecule has 1 fully saturated rings. The van der Waals surface area contributed by atoms with Gasteiger partial charge in [-0.15, -0.1) is 0 Å². The number of aromatic nitrogens is 1. The molecule has 0 radical (unpaired) electrons. The number of benzene rings is 2. The van der Waals surface area contributed by atoms with Crippen molar-refractivity contribution in [1.29, 1.82) is 0 Å². The van der Waals surface area contributed by atoms with Gasteiger partial charge in [0.2, 0.25) is 0 Å². The number of fused-ring (bicyclic) bond motifs is 1. The standard InChI is InChI=1S/C22H19N3O4S/c1-2-11-23-14-16(18-5-3-4-6-19(18)23)12-20-21(26)24(22(27)30-20)13-15-7-9-17(10-8-15)25(28)29/h3-10,12,14H,2,11,13H2,1H3/b20-12-. The molecule has 0 unspecified atom stereocenters. The van der Waals surface area contributed by atoms with E-state index in [1.54, 1.807) is 18.2 Å². The summed E-state index contributed by atoms with van der Waals surface area (Å²) in [5, 5.41) is 11.5. The third-order valence-electron chi connectivity index (χ3n) is 4.93. The highest BCUT2D eigenvalue weighted by molar-refractivity contribution is 8.18. The van der Waals surface area contributed by atoms with Crippen molar-refractivity contribution in [2.24, 2.45) is 0 Å². The van der Waals surface area contributed by atoms with Gasteiger partial charge in [0.15, 0.2) is 0 Å². The topological polar surface area (TPSA) is 85.4 Å². The molecule has 2 aromatic carbocycles. The molecule has 3 aromatic rings. The van der Waals surface area contributed by atoms with Crippen molar-refractivity contribution >= 4 is 45.6 Å². The van der Waals surface area contributed by atoms with Crippen LogP contribution in [0.3, 0.4) is 0 Å². The summed E-state index contributed by atoms with van der Waals surface area (Å²) >= 11 is 0.916. The van der Waals surface area contributed by atoms with Crippen molar-refractivity contribution in [2.75, 3.05) is 0 Å². The van der Waals surface area contributed by atoms with Crippen LogP contribution >= 0.6 is 11.8 Å². The highest BCUT2D eigenvalue weighted by Gasteiger charge is 2.35. The van der Waals surface area contributed by atoms with Crippen LogP contribution in [-0.4, -0.2) is 25.5 Å². The van der Waals surface area contributed by atoms with Gasteiger partial charge in [-0.25, -0.2) is 0 Å². The lowest BCUT2D eigenvalue weighted by Crippen LogP contribution is -2.27. The smallest absolute Gasteiger partial charge is 0.293 e. The van der Waals surface area contributed by atoms with Gasteiger partial charge in [-0.3, -0.25) is 24.6 Å². The molecule has 4 rings (SSSR count). The summed E-state index contributed by atoms with van der Waals surface area (Å²) in [6, 6.07) is 13.8. The first-order valence-electron chi connectivity index (χ1n) is 9.54. The Morgan fingerprint density at radius 3 is 2.53 bits per heavy atom. The molecule has 152 valence electrons. The maximum atomic E-state index is 12.9. The lowest BCUT2D eigenvalue weighted by atomic mass is 10.1. The molecule has 0 spiro atoms. The summed E-state index contributed by atoms with van der Waals surface area (Å²) in [5.41, 5.74) is 2.62. The van der Waals surface area contributed by atoms with Crippen LogP contribution in [0.5, 0.6) is 0 Å². The maximum absolute atomic E-state index is 12.9. The molecule has 1 aromatic heterocycles. The number of non-ortho nitro benzene ring substituents is 1. The number of carbonyl (C=O) groups is 2. The van der Waals surface area contributed by atoms with E-state index < -0.39 is 4.92 Å². The monoisotopic (exact) mass is 421 g/mol. The summed E-state index contributed by atoms with van der Waals surface area (Å²) in [6.07, 6.45) is 4.78. The molecule has 0 aliphatic carbocycles. The van der Waals surface area contributed by atoms with Gasteiger partial charge in [-0.05, 0) is 35.9 Å². The second kappa shape index (κ2) is 8.16. The highest BCUT2D eigenvalue weighted by Crippen LogP contribution is 2.35. The molecule has 0 atom stereocenters. The second-order valence-corrected chi connectivity index (χ2v) is 7.98. The Bertz CT molecular complexity index is 1180. The van der Waals surface area contributed by atoms with E-state index in [1.807, 2.05) is 30.5 Å². The Kier molecular flexibility index (Phi) is 5.41. The Morgan fingerprint density at radius 2 is 1.83 bits per heavy atom. The lowest BCUT2D eigenvalue weighted by molar-refractivity contribution is -0.384. The third kappa shape index (κ3) is 3.73. The van der Waals surface area contributed by atoms with E-state index in [2.05, 4.69) is 11.5 Å². The van der Waals surface area contributed by atoms with Crippen molar-refractivity contribution in [3.05, 3.63) is 80.9 Å². The molecule has 2 heterocycles. The van der Waals surface area contributed by atoms with Crippen LogP contribution in [0.15, 0.2) is 59.6 Å². The fourth-order valence-electron chi connectivity index (χ4n) is 3.50. The minimum Gasteiger partial charge on any atom is -0.347 e. The average molecular weight is 421 g/mol. The van der Waals surface area contributed by atoms with E-state index in [9.17, 15) is 19.7 Å². The SMILES string of the molecule is CCCn1cc(/C=C2\SC(=O)N(Cc3ccc([N+](=O)[O-])cc3)C2=O)c2ccccc21. The van der Waals surface area contributed by atoms with Gasteiger partial charge in [0, 0.05) is 41.3 Å². The quantitative estimate of drug-likeness (QED) is 0.310. The fraction of sp³-hybridized carbons (Fsp3) is 0.182. The predicted molar refractivity (Wildman–Crippen MR) is 117 cm³/mol. The molecular weight excluding hydrogens is 402 g/mol. The number of hydrogen-bond acceptors (Lipinski definition) is 5. The van der Waals surface area contributed by atoms with E-state index in [0.717, 1.165) is 41.2 Å². The Morgan fingerprint density at radius 1 is 1.10 bits per heavy atom. The van der Waals surface area contributed by atoms with Crippen molar-refractivity contribution in [3.8, 4) is 0 Å². The predicted octanol–water partition coefficient (Wildman–Crippen LogP) is 5.20. The number of amides is 2. The van der Waals surface area contributed by atoms with Crippen LogP contribution < -0.4 is 0 Å².